The molecule has 0 saturated carbocycles. The number of fused-ring (bicyclic) bond motifs is 1. The van der Waals surface area contributed by atoms with Gasteiger partial charge in [-0.05, 0) is 24.6 Å². The smallest absolute Gasteiger partial charge is 0.246 e. The van der Waals surface area contributed by atoms with Gasteiger partial charge in [0.15, 0.2) is 0 Å². The molecule has 0 saturated heterocycles. The number of halogens is 1. The van der Waals surface area contributed by atoms with E-state index in [0.29, 0.717) is 17.2 Å². The zero-order valence-electron chi connectivity index (χ0n) is 9.33. The van der Waals surface area contributed by atoms with Gasteiger partial charge in [-0.3, -0.25) is 9.00 Å². The van der Waals surface area contributed by atoms with E-state index in [1.54, 1.807) is 24.5 Å². The number of rotatable bonds is 3. The van der Waals surface area contributed by atoms with Gasteiger partial charge in [-0.2, -0.15) is 0 Å². The second-order valence-electron chi connectivity index (χ2n) is 3.94. The summed E-state index contributed by atoms with van der Waals surface area (Å²) in [5.41, 5.74) is 1.54. The fourth-order valence-corrected chi connectivity index (χ4v) is 2.44. The van der Waals surface area contributed by atoms with E-state index >= 15 is 0 Å². The third-order valence-corrected chi connectivity index (χ3v) is 3.63. The Bertz CT molecular complexity index is 479. The first-order valence-corrected chi connectivity index (χ1v) is 7.34. The number of amides is 1. The molecule has 0 radical (unpaired) electrons. The molecule has 92 valence electrons. The molecule has 1 aromatic carbocycles. The molecule has 4 nitrogen and oxygen atoms in total. The van der Waals surface area contributed by atoms with Crippen LogP contribution in [0.15, 0.2) is 18.2 Å². The lowest BCUT2D eigenvalue weighted by Gasteiger charge is -2.26. The minimum atomic E-state index is -0.890. The van der Waals surface area contributed by atoms with E-state index in [9.17, 15) is 9.00 Å². The highest BCUT2D eigenvalue weighted by molar-refractivity contribution is 7.84. The van der Waals surface area contributed by atoms with Crippen LogP contribution in [0.5, 0.6) is 0 Å². The average Bonchev–Trinajstić information content (AvgIpc) is 2.26. The summed E-state index contributed by atoms with van der Waals surface area (Å²) in [5, 5.41) is 6.53. The lowest BCUT2D eigenvalue weighted by Crippen LogP contribution is -2.39. The molecule has 2 N–H and O–H groups in total. The van der Waals surface area contributed by atoms with E-state index in [4.69, 9.17) is 11.6 Å². The molecule has 1 aliphatic rings. The first kappa shape index (κ1) is 12.4. The second kappa shape index (κ2) is 5.06. The first-order valence-electron chi connectivity index (χ1n) is 5.23. The normalized spacial score (nSPS) is 20.1. The van der Waals surface area contributed by atoms with Crippen LogP contribution in [0.25, 0.3) is 0 Å². The van der Waals surface area contributed by atoms with Crippen LogP contribution in [0, 0.1) is 0 Å². The van der Waals surface area contributed by atoms with E-state index in [0.717, 1.165) is 11.4 Å². The van der Waals surface area contributed by atoms with E-state index in [2.05, 4.69) is 10.6 Å². The number of carbonyl (C=O) groups is 1. The van der Waals surface area contributed by atoms with E-state index in [1.807, 2.05) is 0 Å². The SMILES string of the molecule is CS(=O)CCC1Nc2cc(Cl)ccc2NC1=O. The maximum atomic E-state index is 11.7. The van der Waals surface area contributed by atoms with Gasteiger partial charge in [0.05, 0.1) is 11.4 Å². The van der Waals surface area contributed by atoms with Crippen LogP contribution < -0.4 is 10.6 Å². The number of hydrogen-bond donors (Lipinski definition) is 2. The third-order valence-electron chi connectivity index (χ3n) is 2.58. The molecule has 0 spiro atoms. The monoisotopic (exact) mass is 272 g/mol. The molecule has 1 aromatic rings. The summed E-state index contributed by atoms with van der Waals surface area (Å²) >= 11 is 5.89. The quantitative estimate of drug-likeness (QED) is 0.883. The van der Waals surface area contributed by atoms with Gasteiger partial charge in [-0.25, -0.2) is 0 Å². The summed E-state index contributed by atoms with van der Waals surface area (Å²) in [6.45, 7) is 0. The lowest BCUT2D eigenvalue weighted by molar-refractivity contribution is -0.117. The molecule has 0 fully saturated rings. The zero-order chi connectivity index (χ0) is 12.4. The van der Waals surface area contributed by atoms with Crippen molar-refractivity contribution < 1.29 is 9.00 Å². The topological polar surface area (TPSA) is 58.2 Å². The predicted molar refractivity (Wildman–Crippen MR) is 71.0 cm³/mol. The number of hydrogen-bond acceptors (Lipinski definition) is 3. The van der Waals surface area contributed by atoms with Crippen LogP contribution in [-0.4, -0.2) is 28.2 Å². The van der Waals surface area contributed by atoms with Crippen molar-refractivity contribution in [1.82, 2.24) is 0 Å². The fraction of sp³-hybridized carbons (Fsp3) is 0.364. The molecule has 0 bridgehead atoms. The Balaban J connectivity index is 2.14. The first-order chi connectivity index (χ1) is 8.06. The summed E-state index contributed by atoms with van der Waals surface area (Å²) in [5.74, 6) is 0.409. The third kappa shape index (κ3) is 2.98. The van der Waals surface area contributed by atoms with E-state index in [-0.39, 0.29) is 11.9 Å². The molecular formula is C11H13ClN2O2S. The minimum absolute atomic E-state index is 0.0923. The molecule has 17 heavy (non-hydrogen) atoms. The lowest BCUT2D eigenvalue weighted by atomic mass is 10.1. The molecular weight excluding hydrogens is 260 g/mol. The van der Waals surface area contributed by atoms with E-state index in [1.165, 1.54) is 0 Å². The number of nitrogens with one attached hydrogen (secondary N) is 2. The van der Waals surface area contributed by atoms with Crippen LogP contribution in [0.3, 0.4) is 0 Å². The molecule has 0 aromatic heterocycles. The summed E-state index contributed by atoms with van der Waals surface area (Å²) in [6.07, 6.45) is 2.17. The van der Waals surface area contributed by atoms with Crippen molar-refractivity contribution in [1.29, 1.82) is 0 Å². The zero-order valence-corrected chi connectivity index (χ0v) is 10.9. The Hall–Kier alpha value is -1.07. The predicted octanol–water partition coefficient (Wildman–Crippen LogP) is 1.84. The molecule has 1 aliphatic heterocycles. The summed E-state index contributed by atoms with van der Waals surface area (Å²) in [4.78, 5) is 11.7. The van der Waals surface area contributed by atoms with Gasteiger partial charge >= 0.3 is 0 Å². The van der Waals surface area contributed by atoms with Crippen LogP contribution in [0.4, 0.5) is 11.4 Å². The number of benzene rings is 1. The van der Waals surface area contributed by atoms with E-state index < -0.39 is 10.8 Å². The largest absolute Gasteiger partial charge is 0.372 e. The van der Waals surface area contributed by atoms with Crippen molar-refractivity contribution in [2.75, 3.05) is 22.6 Å². The van der Waals surface area contributed by atoms with Crippen molar-refractivity contribution in [3.8, 4) is 0 Å². The van der Waals surface area contributed by atoms with Crippen LogP contribution >= 0.6 is 11.6 Å². The van der Waals surface area contributed by atoms with Gasteiger partial charge in [-0.15, -0.1) is 0 Å². The van der Waals surface area contributed by atoms with Crippen LogP contribution in [0.2, 0.25) is 5.02 Å². The summed E-state index contributed by atoms with van der Waals surface area (Å²) in [6, 6.07) is 4.91. The van der Waals surface area contributed by atoms with Crippen LogP contribution in [-0.2, 0) is 15.6 Å². The summed E-state index contributed by atoms with van der Waals surface area (Å²) < 4.78 is 11.0. The maximum Gasteiger partial charge on any atom is 0.246 e. The Morgan fingerprint density at radius 3 is 2.88 bits per heavy atom. The molecule has 1 amide bonds. The van der Waals surface area contributed by atoms with Crippen molar-refractivity contribution in [2.45, 2.75) is 12.5 Å². The van der Waals surface area contributed by atoms with Crippen molar-refractivity contribution in [3.63, 3.8) is 0 Å². The fourth-order valence-electron chi connectivity index (χ4n) is 1.71. The van der Waals surface area contributed by atoms with Crippen molar-refractivity contribution >= 4 is 39.7 Å². The highest BCUT2D eigenvalue weighted by Gasteiger charge is 2.25. The Labute approximate surface area is 107 Å². The molecule has 0 aliphatic carbocycles. The van der Waals surface area contributed by atoms with Gasteiger partial charge in [0.1, 0.15) is 6.04 Å². The standard InChI is InChI=1S/C11H13ClN2O2S/c1-17(16)5-4-9-11(15)14-8-3-2-7(12)6-10(8)13-9/h2-3,6,9,13H,4-5H2,1H3,(H,14,15). The highest BCUT2D eigenvalue weighted by Crippen LogP contribution is 2.30. The molecule has 2 rings (SSSR count). The van der Waals surface area contributed by atoms with Crippen LogP contribution in [0.1, 0.15) is 6.42 Å². The van der Waals surface area contributed by atoms with Gasteiger partial charge in [0, 0.05) is 27.8 Å². The second-order valence-corrected chi connectivity index (χ2v) is 5.93. The Morgan fingerprint density at radius 1 is 1.41 bits per heavy atom. The summed E-state index contributed by atoms with van der Waals surface area (Å²) in [7, 11) is -0.890. The van der Waals surface area contributed by atoms with Crippen molar-refractivity contribution in [2.24, 2.45) is 0 Å². The number of anilines is 2. The average molecular weight is 273 g/mol. The van der Waals surface area contributed by atoms with Gasteiger partial charge < -0.3 is 10.6 Å². The Kier molecular flexibility index (Phi) is 3.69. The maximum absolute atomic E-state index is 11.7. The molecule has 2 atom stereocenters. The number of carbonyl (C=O) groups excluding carboxylic acids is 1. The molecule has 6 heteroatoms. The highest BCUT2D eigenvalue weighted by atomic mass is 35.5. The van der Waals surface area contributed by atoms with Gasteiger partial charge in [0.2, 0.25) is 5.91 Å². The minimum Gasteiger partial charge on any atom is -0.372 e. The van der Waals surface area contributed by atoms with Gasteiger partial charge in [0.25, 0.3) is 0 Å². The molecule has 1 heterocycles. The Morgan fingerprint density at radius 2 is 2.18 bits per heavy atom. The van der Waals surface area contributed by atoms with Crippen molar-refractivity contribution in [3.05, 3.63) is 23.2 Å². The molecule has 2 unspecified atom stereocenters. The van der Waals surface area contributed by atoms with Gasteiger partial charge in [-0.1, -0.05) is 11.6 Å².